The number of aromatic nitrogens is 1. The van der Waals surface area contributed by atoms with Crippen LogP contribution in [-0.2, 0) is 0 Å². The molecule has 4 rings (SSSR count). The number of nitrogens with zero attached hydrogens (tertiary/aromatic N) is 2. The summed E-state index contributed by atoms with van der Waals surface area (Å²) in [6.07, 6.45) is 7.72. The van der Waals surface area contributed by atoms with E-state index in [0.717, 1.165) is 23.5 Å². The van der Waals surface area contributed by atoms with Gasteiger partial charge in [-0.25, -0.2) is 4.98 Å². The van der Waals surface area contributed by atoms with Gasteiger partial charge in [0.25, 0.3) is 0 Å². The van der Waals surface area contributed by atoms with Gasteiger partial charge in [0.05, 0.1) is 10.2 Å². The summed E-state index contributed by atoms with van der Waals surface area (Å²) >= 11 is 1.74. The third kappa shape index (κ3) is 2.68. The van der Waals surface area contributed by atoms with Crippen LogP contribution in [0.2, 0.25) is 0 Å². The molecule has 114 valence electrons. The molecule has 3 aromatic rings. The van der Waals surface area contributed by atoms with Crippen LogP contribution in [0.5, 0.6) is 0 Å². The smallest absolute Gasteiger partial charge is 0.117 e. The van der Waals surface area contributed by atoms with Gasteiger partial charge in [-0.2, -0.15) is 0 Å². The minimum Gasteiger partial charge on any atom is -0.347 e. The van der Waals surface area contributed by atoms with Gasteiger partial charge in [-0.05, 0) is 42.3 Å². The first-order valence-corrected chi connectivity index (χ1v) is 8.78. The summed E-state index contributed by atoms with van der Waals surface area (Å²) < 4.78 is 1.24. The third-order valence-corrected chi connectivity index (χ3v) is 5.00. The molecule has 2 heterocycles. The number of hydrogen-bond donors (Lipinski definition) is 0. The van der Waals surface area contributed by atoms with E-state index in [1.165, 1.54) is 21.5 Å². The second-order valence-electron chi connectivity index (χ2n) is 5.65. The first kappa shape index (κ1) is 14.2. The van der Waals surface area contributed by atoms with Crippen molar-refractivity contribution in [3.63, 3.8) is 0 Å². The monoisotopic (exact) mass is 318 g/mol. The predicted octanol–water partition coefficient (Wildman–Crippen LogP) is 5.58. The van der Waals surface area contributed by atoms with Crippen LogP contribution in [0.15, 0.2) is 60.8 Å². The summed E-state index contributed by atoms with van der Waals surface area (Å²) in [5, 5.41) is 1.06. The van der Waals surface area contributed by atoms with Gasteiger partial charge in [-0.15, -0.1) is 11.3 Å². The van der Waals surface area contributed by atoms with Crippen LogP contribution in [0.4, 0.5) is 5.69 Å². The van der Waals surface area contributed by atoms with Crippen molar-refractivity contribution in [2.24, 2.45) is 0 Å². The number of benzene rings is 2. The molecule has 0 saturated carbocycles. The minimum atomic E-state index is 1.04. The summed E-state index contributed by atoms with van der Waals surface area (Å²) in [6, 6.07) is 16.9. The maximum absolute atomic E-state index is 4.73. The molecule has 0 radical (unpaired) electrons. The molecular formula is C20H18N2S. The van der Waals surface area contributed by atoms with Crippen molar-refractivity contribution in [1.82, 2.24) is 4.98 Å². The van der Waals surface area contributed by atoms with Gasteiger partial charge in [-0.1, -0.05) is 37.3 Å². The van der Waals surface area contributed by atoms with Gasteiger partial charge < -0.3 is 4.90 Å². The molecule has 0 aliphatic carbocycles. The number of para-hydroxylation sites is 2. The SMILES string of the molecule is CCCN1C=C/C(=C\c2nc3ccccc3s2)c2ccccc21. The second-order valence-corrected chi connectivity index (χ2v) is 6.71. The van der Waals surface area contributed by atoms with Crippen molar-refractivity contribution in [2.45, 2.75) is 13.3 Å². The number of anilines is 1. The van der Waals surface area contributed by atoms with Crippen LogP contribution < -0.4 is 4.90 Å². The summed E-state index contributed by atoms with van der Waals surface area (Å²) in [6.45, 7) is 3.25. The number of rotatable bonds is 3. The number of fused-ring (bicyclic) bond motifs is 2. The van der Waals surface area contributed by atoms with E-state index in [0.29, 0.717) is 0 Å². The lowest BCUT2D eigenvalue weighted by molar-refractivity contribution is 0.876. The van der Waals surface area contributed by atoms with E-state index in [-0.39, 0.29) is 0 Å². The molecule has 0 bridgehead atoms. The standard InChI is InChI=1S/C20H18N2S/c1-2-12-22-13-11-15(16-7-3-5-9-18(16)22)14-20-21-17-8-4-6-10-19(17)23-20/h3-11,13-14H,2,12H2,1H3/b15-14+. The van der Waals surface area contributed by atoms with Crippen molar-refractivity contribution in [3.05, 3.63) is 71.4 Å². The lowest BCUT2D eigenvalue weighted by atomic mass is 9.99. The zero-order valence-corrected chi connectivity index (χ0v) is 13.9. The summed E-state index contributed by atoms with van der Waals surface area (Å²) in [5.41, 5.74) is 4.86. The Morgan fingerprint density at radius 2 is 1.91 bits per heavy atom. The highest BCUT2D eigenvalue weighted by Gasteiger charge is 2.15. The molecule has 0 spiro atoms. The molecule has 2 aromatic carbocycles. The zero-order valence-electron chi connectivity index (χ0n) is 13.1. The van der Waals surface area contributed by atoms with Crippen LogP contribution in [0.3, 0.4) is 0 Å². The highest BCUT2D eigenvalue weighted by atomic mass is 32.1. The Balaban J connectivity index is 1.78. The molecule has 1 aromatic heterocycles. The first-order valence-electron chi connectivity index (χ1n) is 7.96. The highest BCUT2D eigenvalue weighted by molar-refractivity contribution is 7.19. The Hall–Kier alpha value is -2.39. The fourth-order valence-electron chi connectivity index (χ4n) is 2.96. The zero-order chi connectivity index (χ0) is 15.6. The molecule has 0 atom stereocenters. The van der Waals surface area contributed by atoms with Gasteiger partial charge in [0.1, 0.15) is 5.01 Å². The topological polar surface area (TPSA) is 16.1 Å². The molecule has 3 heteroatoms. The molecule has 2 nitrogen and oxygen atoms in total. The van der Waals surface area contributed by atoms with E-state index in [4.69, 9.17) is 4.98 Å². The molecule has 0 saturated heterocycles. The van der Waals surface area contributed by atoms with Crippen LogP contribution >= 0.6 is 11.3 Å². The molecule has 0 amide bonds. The van der Waals surface area contributed by atoms with E-state index in [2.05, 4.69) is 72.6 Å². The predicted molar refractivity (Wildman–Crippen MR) is 101 cm³/mol. The van der Waals surface area contributed by atoms with Gasteiger partial charge in [0.2, 0.25) is 0 Å². The molecule has 23 heavy (non-hydrogen) atoms. The van der Waals surface area contributed by atoms with Crippen LogP contribution in [0, 0.1) is 0 Å². The maximum Gasteiger partial charge on any atom is 0.117 e. The van der Waals surface area contributed by atoms with Crippen LogP contribution in [-0.4, -0.2) is 11.5 Å². The average molecular weight is 318 g/mol. The van der Waals surface area contributed by atoms with Gasteiger partial charge in [0, 0.05) is 24.0 Å². The largest absolute Gasteiger partial charge is 0.347 e. The van der Waals surface area contributed by atoms with E-state index >= 15 is 0 Å². The fourth-order valence-corrected chi connectivity index (χ4v) is 3.88. The fraction of sp³-hybridized carbons (Fsp3) is 0.150. The Labute approximate surface area is 140 Å². The van der Waals surface area contributed by atoms with E-state index in [9.17, 15) is 0 Å². The van der Waals surface area contributed by atoms with E-state index < -0.39 is 0 Å². The Bertz CT molecular complexity index is 872. The van der Waals surface area contributed by atoms with Crippen molar-refractivity contribution in [2.75, 3.05) is 11.4 Å². The van der Waals surface area contributed by atoms with Crippen molar-refractivity contribution < 1.29 is 0 Å². The van der Waals surface area contributed by atoms with E-state index in [1.807, 2.05) is 6.07 Å². The quantitative estimate of drug-likeness (QED) is 0.626. The Morgan fingerprint density at radius 3 is 2.78 bits per heavy atom. The van der Waals surface area contributed by atoms with Gasteiger partial charge >= 0.3 is 0 Å². The second kappa shape index (κ2) is 6.01. The summed E-state index contributed by atoms with van der Waals surface area (Å²) in [7, 11) is 0. The van der Waals surface area contributed by atoms with Gasteiger partial charge in [-0.3, -0.25) is 0 Å². The third-order valence-electron chi connectivity index (χ3n) is 4.01. The summed E-state index contributed by atoms with van der Waals surface area (Å²) in [5.74, 6) is 0. The van der Waals surface area contributed by atoms with Crippen LogP contribution in [0.25, 0.3) is 21.9 Å². The van der Waals surface area contributed by atoms with Gasteiger partial charge in [0.15, 0.2) is 0 Å². The first-order chi connectivity index (χ1) is 11.3. The normalized spacial score (nSPS) is 15.3. The van der Waals surface area contributed by atoms with Crippen LogP contribution in [0.1, 0.15) is 23.9 Å². The molecule has 1 aliphatic rings. The van der Waals surface area contributed by atoms with Crippen molar-refractivity contribution >= 4 is 38.9 Å². The van der Waals surface area contributed by atoms with E-state index in [1.54, 1.807) is 11.3 Å². The molecule has 0 fully saturated rings. The minimum absolute atomic E-state index is 1.04. The number of thiazole rings is 1. The molecular weight excluding hydrogens is 300 g/mol. The van der Waals surface area contributed by atoms with Crippen molar-refractivity contribution in [1.29, 1.82) is 0 Å². The Kier molecular flexibility index (Phi) is 3.72. The number of allylic oxidation sites excluding steroid dienone is 2. The highest BCUT2D eigenvalue weighted by Crippen LogP contribution is 2.35. The lowest BCUT2D eigenvalue weighted by Crippen LogP contribution is -2.20. The summed E-state index contributed by atoms with van der Waals surface area (Å²) in [4.78, 5) is 7.05. The molecule has 1 aliphatic heterocycles. The molecule has 0 N–H and O–H groups in total. The number of hydrogen-bond acceptors (Lipinski definition) is 3. The van der Waals surface area contributed by atoms with Crippen molar-refractivity contribution in [3.8, 4) is 0 Å². The average Bonchev–Trinajstić information content (AvgIpc) is 2.99. The maximum atomic E-state index is 4.73. The molecule has 0 unspecified atom stereocenters. The lowest BCUT2D eigenvalue weighted by Gasteiger charge is -2.27. The Morgan fingerprint density at radius 1 is 1.09 bits per heavy atom.